The number of benzene rings is 1. The van der Waals surface area contributed by atoms with Gasteiger partial charge in [0.25, 0.3) is 0 Å². The molecule has 1 aromatic heterocycles. The zero-order chi connectivity index (χ0) is 13.0. The molecule has 4 nitrogen and oxygen atoms in total. The number of ketones is 1. The molecule has 0 unspecified atom stereocenters. The van der Waals surface area contributed by atoms with Crippen LogP contribution in [0.25, 0.3) is 0 Å². The molecule has 0 spiro atoms. The second-order valence-corrected chi connectivity index (χ2v) is 6.79. The molecule has 2 rings (SSSR count). The van der Waals surface area contributed by atoms with Gasteiger partial charge in [-0.3, -0.25) is 4.79 Å². The van der Waals surface area contributed by atoms with Gasteiger partial charge in [0.2, 0.25) is 5.13 Å². The lowest BCUT2D eigenvalue weighted by Gasteiger charge is -1.99. The van der Waals surface area contributed by atoms with E-state index < -0.39 is 0 Å². The number of anilines is 1. The minimum absolute atomic E-state index is 0.109. The van der Waals surface area contributed by atoms with Crippen molar-refractivity contribution in [2.24, 2.45) is 0 Å². The monoisotopic (exact) mass is 391 g/mol. The molecule has 18 heavy (non-hydrogen) atoms. The maximum absolute atomic E-state index is 11.9. The summed E-state index contributed by atoms with van der Waals surface area (Å²) in [5.41, 5.74) is 0.737. The van der Waals surface area contributed by atoms with Crippen molar-refractivity contribution in [1.82, 2.24) is 10.2 Å². The molecule has 0 saturated carbocycles. The Morgan fingerprint density at radius 3 is 2.72 bits per heavy atom. The minimum atomic E-state index is 0.109. The molecule has 0 aliphatic heterocycles. The average molecular weight is 391 g/mol. The van der Waals surface area contributed by atoms with Gasteiger partial charge < -0.3 is 5.32 Å². The molecule has 0 amide bonds. The van der Waals surface area contributed by atoms with E-state index in [2.05, 4.69) is 38.1 Å². The number of hydrogen-bond donors (Lipinski definition) is 1. The van der Waals surface area contributed by atoms with E-state index in [1.807, 2.05) is 24.3 Å². The number of thioether (sulfide) groups is 1. The van der Waals surface area contributed by atoms with E-state index in [1.54, 1.807) is 7.05 Å². The van der Waals surface area contributed by atoms with Gasteiger partial charge in [-0.05, 0) is 34.7 Å². The lowest BCUT2D eigenvalue weighted by atomic mass is 10.2. The number of hydrogen-bond acceptors (Lipinski definition) is 6. The molecule has 0 aliphatic rings. The Balaban J connectivity index is 1.93. The van der Waals surface area contributed by atoms with Gasteiger partial charge in [-0.2, -0.15) is 0 Å². The zero-order valence-electron chi connectivity index (χ0n) is 9.51. The Morgan fingerprint density at radius 2 is 2.11 bits per heavy atom. The van der Waals surface area contributed by atoms with Gasteiger partial charge in [0.05, 0.1) is 5.75 Å². The van der Waals surface area contributed by atoms with Crippen molar-refractivity contribution < 1.29 is 4.79 Å². The van der Waals surface area contributed by atoms with Gasteiger partial charge in [0.1, 0.15) is 0 Å². The van der Waals surface area contributed by atoms with Crippen molar-refractivity contribution in [2.75, 3.05) is 18.1 Å². The van der Waals surface area contributed by atoms with Crippen LogP contribution in [0.15, 0.2) is 28.6 Å². The first-order chi connectivity index (χ1) is 8.69. The van der Waals surface area contributed by atoms with E-state index in [9.17, 15) is 4.79 Å². The highest BCUT2D eigenvalue weighted by Crippen LogP contribution is 2.25. The van der Waals surface area contributed by atoms with E-state index >= 15 is 0 Å². The quantitative estimate of drug-likeness (QED) is 0.482. The van der Waals surface area contributed by atoms with Crippen molar-refractivity contribution >= 4 is 56.6 Å². The third kappa shape index (κ3) is 3.66. The van der Waals surface area contributed by atoms with Crippen molar-refractivity contribution in [1.29, 1.82) is 0 Å². The van der Waals surface area contributed by atoms with Gasteiger partial charge in [0, 0.05) is 16.2 Å². The summed E-state index contributed by atoms with van der Waals surface area (Å²) in [7, 11) is 1.80. The summed E-state index contributed by atoms with van der Waals surface area (Å²) in [5, 5.41) is 11.6. The van der Waals surface area contributed by atoms with Crippen molar-refractivity contribution in [3.63, 3.8) is 0 Å². The van der Waals surface area contributed by atoms with E-state index in [-0.39, 0.29) is 5.78 Å². The molecule has 2 aromatic rings. The number of aromatic nitrogens is 2. The number of halogens is 1. The zero-order valence-corrected chi connectivity index (χ0v) is 13.3. The summed E-state index contributed by atoms with van der Waals surface area (Å²) in [5.74, 6) is 0.497. The Hall–Kier alpha value is -0.670. The number of carbonyl (C=O) groups is 1. The summed E-state index contributed by atoms with van der Waals surface area (Å²) in [6, 6.07) is 7.57. The standard InChI is InChI=1S/C11H10IN3OS2/c1-13-10-14-15-11(18-10)17-6-9(16)7-2-4-8(12)5-3-7/h2-5H,6H2,1H3,(H,13,14). The summed E-state index contributed by atoms with van der Waals surface area (Å²) in [6.07, 6.45) is 0. The molecule has 0 atom stereocenters. The van der Waals surface area contributed by atoms with E-state index in [1.165, 1.54) is 23.1 Å². The van der Waals surface area contributed by atoms with Crippen molar-refractivity contribution in [2.45, 2.75) is 4.34 Å². The molecule has 7 heteroatoms. The Labute approximate surface area is 127 Å². The summed E-state index contributed by atoms with van der Waals surface area (Å²) < 4.78 is 1.93. The van der Waals surface area contributed by atoms with Gasteiger partial charge in [-0.1, -0.05) is 35.2 Å². The molecule has 0 aliphatic carbocycles. The lowest BCUT2D eigenvalue weighted by Crippen LogP contribution is -2.01. The number of nitrogens with one attached hydrogen (secondary N) is 1. The smallest absolute Gasteiger partial charge is 0.206 e. The fourth-order valence-corrected chi connectivity index (χ4v) is 3.17. The van der Waals surface area contributed by atoms with Crippen LogP contribution in [-0.2, 0) is 0 Å². The van der Waals surface area contributed by atoms with Gasteiger partial charge in [0.15, 0.2) is 10.1 Å². The van der Waals surface area contributed by atoms with Crippen LogP contribution in [0.2, 0.25) is 0 Å². The number of Topliss-reactive ketones (excluding diaryl/α,β-unsaturated/α-hetero) is 1. The van der Waals surface area contributed by atoms with Crippen molar-refractivity contribution in [3.05, 3.63) is 33.4 Å². The second kappa shape index (κ2) is 6.48. The Bertz CT molecular complexity index is 541. The first-order valence-corrected chi connectivity index (χ1v) is 8.00. The normalized spacial score (nSPS) is 10.3. The molecule has 0 fully saturated rings. The highest BCUT2D eigenvalue weighted by atomic mass is 127. The maximum atomic E-state index is 11.9. The molecule has 1 aromatic carbocycles. The lowest BCUT2D eigenvalue weighted by molar-refractivity contribution is 0.102. The predicted octanol–water partition coefficient (Wildman–Crippen LogP) is 3.16. The summed E-state index contributed by atoms with van der Waals surface area (Å²) in [6.45, 7) is 0. The third-order valence-corrected chi connectivity index (χ3v) is 4.91. The van der Waals surface area contributed by atoms with Crippen LogP contribution in [0, 0.1) is 3.57 Å². The Morgan fingerprint density at radius 1 is 1.39 bits per heavy atom. The van der Waals surface area contributed by atoms with E-state index in [0.717, 1.165) is 18.6 Å². The van der Waals surface area contributed by atoms with Crippen LogP contribution < -0.4 is 5.32 Å². The first kappa shape index (κ1) is 13.8. The largest absolute Gasteiger partial charge is 0.363 e. The number of rotatable bonds is 5. The molecule has 1 N–H and O–H groups in total. The molecule has 0 radical (unpaired) electrons. The molecule has 0 bridgehead atoms. The van der Waals surface area contributed by atoms with Crippen LogP contribution in [-0.4, -0.2) is 28.8 Å². The van der Waals surface area contributed by atoms with Gasteiger partial charge >= 0.3 is 0 Å². The Kier molecular flexibility index (Phi) is 4.95. The SMILES string of the molecule is CNc1nnc(SCC(=O)c2ccc(I)cc2)s1. The van der Waals surface area contributed by atoms with Crippen LogP contribution in [0.4, 0.5) is 5.13 Å². The van der Waals surface area contributed by atoms with E-state index in [0.29, 0.717) is 5.75 Å². The minimum Gasteiger partial charge on any atom is -0.363 e. The number of nitrogens with zero attached hydrogens (tertiary/aromatic N) is 2. The molecular weight excluding hydrogens is 381 g/mol. The van der Waals surface area contributed by atoms with Crippen molar-refractivity contribution in [3.8, 4) is 0 Å². The third-order valence-electron chi connectivity index (χ3n) is 2.11. The first-order valence-electron chi connectivity index (χ1n) is 5.12. The highest BCUT2D eigenvalue weighted by Gasteiger charge is 2.09. The molecular formula is C11H10IN3OS2. The average Bonchev–Trinajstić information content (AvgIpc) is 2.85. The summed E-state index contributed by atoms with van der Waals surface area (Å²) in [4.78, 5) is 11.9. The van der Waals surface area contributed by atoms with Crippen LogP contribution >= 0.6 is 45.7 Å². The van der Waals surface area contributed by atoms with Crippen LogP contribution in [0.5, 0.6) is 0 Å². The topological polar surface area (TPSA) is 54.9 Å². The second-order valence-electron chi connectivity index (χ2n) is 3.34. The maximum Gasteiger partial charge on any atom is 0.206 e. The highest BCUT2D eigenvalue weighted by molar-refractivity contribution is 14.1. The fourth-order valence-electron chi connectivity index (χ4n) is 1.22. The predicted molar refractivity (Wildman–Crippen MR) is 83.7 cm³/mol. The van der Waals surface area contributed by atoms with Gasteiger partial charge in [-0.25, -0.2) is 0 Å². The molecule has 0 saturated heterocycles. The molecule has 1 heterocycles. The van der Waals surface area contributed by atoms with Crippen LogP contribution in [0.1, 0.15) is 10.4 Å². The summed E-state index contributed by atoms with van der Waals surface area (Å²) >= 11 is 5.08. The van der Waals surface area contributed by atoms with E-state index in [4.69, 9.17) is 0 Å². The number of carbonyl (C=O) groups excluding carboxylic acids is 1. The molecule has 94 valence electrons. The van der Waals surface area contributed by atoms with Crippen LogP contribution in [0.3, 0.4) is 0 Å². The van der Waals surface area contributed by atoms with Gasteiger partial charge in [-0.15, -0.1) is 10.2 Å². The fraction of sp³-hybridized carbons (Fsp3) is 0.182.